The Hall–Kier alpha value is -1.33. The molecule has 2 N–H and O–H groups in total. The lowest BCUT2D eigenvalue weighted by Gasteiger charge is -2.05. The Labute approximate surface area is 108 Å². The zero-order valence-corrected chi connectivity index (χ0v) is 10.3. The smallest absolute Gasteiger partial charge is 0.303 e. The molecule has 0 spiro atoms. The molecule has 0 unspecified atom stereocenters. The summed E-state index contributed by atoms with van der Waals surface area (Å²) in [5, 5.41) is 11.3. The Bertz CT molecular complexity index is 438. The van der Waals surface area contributed by atoms with Crippen LogP contribution in [0.25, 0.3) is 0 Å². The number of aromatic nitrogens is 1. The fourth-order valence-corrected chi connectivity index (χ4v) is 1.44. The third-order valence-electron chi connectivity index (χ3n) is 1.88. The van der Waals surface area contributed by atoms with Gasteiger partial charge in [-0.05, 0) is 18.6 Å². The summed E-state index contributed by atoms with van der Waals surface area (Å²) in [4.78, 5) is 25.6. The fraction of sp³-hybridized carbons (Fsp3) is 0.300. The van der Waals surface area contributed by atoms with E-state index in [4.69, 9.17) is 28.3 Å². The number of carboxylic acid groups (broad SMARTS) is 1. The monoisotopic (exact) mass is 276 g/mol. The van der Waals surface area contributed by atoms with Gasteiger partial charge in [0.15, 0.2) is 0 Å². The molecule has 0 aliphatic carbocycles. The third kappa shape index (κ3) is 4.58. The number of nitrogens with zero attached hydrogens (tertiary/aromatic N) is 1. The molecule has 0 saturated heterocycles. The molecule has 0 bridgehead atoms. The van der Waals surface area contributed by atoms with Crippen molar-refractivity contribution in [3.8, 4) is 0 Å². The van der Waals surface area contributed by atoms with Crippen molar-refractivity contribution in [1.29, 1.82) is 0 Å². The van der Waals surface area contributed by atoms with Crippen molar-refractivity contribution in [2.45, 2.75) is 12.8 Å². The SMILES string of the molecule is O=C(O)CCCNC(=O)c1nc(Cl)ccc1Cl. The average Bonchev–Trinajstić information content (AvgIpc) is 2.27. The predicted molar refractivity (Wildman–Crippen MR) is 63.5 cm³/mol. The first-order valence-electron chi connectivity index (χ1n) is 4.82. The molecule has 0 aliphatic rings. The van der Waals surface area contributed by atoms with E-state index in [-0.39, 0.29) is 28.8 Å². The summed E-state index contributed by atoms with van der Waals surface area (Å²) < 4.78 is 0. The van der Waals surface area contributed by atoms with Gasteiger partial charge in [0.25, 0.3) is 5.91 Å². The quantitative estimate of drug-likeness (QED) is 0.637. The lowest BCUT2D eigenvalue weighted by molar-refractivity contribution is -0.137. The van der Waals surface area contributed by atoms with Gasteiger partial charge in [0.05, 0.1) is 5.02 Å². The predicted octanol–water partition coefficient (Wildman–Crippen LogP) is 1.98. The Morgan fingerprint density at radius 2 is 2.06 bits per heavy atom. The summed E-state index contributed by atoms with van der Waals surface area (Å²) in [5.74, 6) is -1.37. The number of hydrogen-bond acceptors (Lipinski definition) is 3. The fourth-order valence-electron chi connectivity index (χ4n) is 1.10. The van der Waals surface area contributed by atoms with Gasteiger partial charge < -0.3 is 10.4 Å². The molecule has 1 heterocycles. The highest BCUT2D eigenvalue weighted by Crippen LogP contribution is 2.16. The van der Waals surface area contributed by atoms with Crippen LogP contribution in [0.4, 0.5) is 0 Å². The van der Waals surface area contributed by atoms with Gasteiger partial charge in [0.2, 0.25) is 0 Å². The van der Waals surface area contributed by atoms with E-state index in [0.717, 1.165) is 0 Å². The second kappa shape index (κ2) is 6.42. The second-order valence-corrected chi connectivity index (χ2v) is 4.01. The number of hydrogen-bond donors (Lipinski definition) is 2. The summed E-state index contributed by atoms with van der Waals surface area (Å²) in [6.07, 6.45) is 0.343. The largest absolute Gasteiger partial charge is 0.481 e. The van der Waals surface area contributed by atoms with E-state index in [2.05, 4.69) is 10.3 Å². The van der Waals surface area contributed by atoms with E-state index in [9.17, 15) is 9.59 Å². The summed E-state index contributed by atoms with van der Waals surface area (Å²) >= 11 is 11.4. The topological polar surface area (TPSA) is 79.3 Å². The molecule has 1 aromatic rings. The lowest BCUT2D eigenvalue weighted by atomic mass is 10.3. The molecule has 0 aromatic carbocycles. The van der Waals surface area contributed by atoms with Crippen molar-refractivity contribution in [3.63, 3.8) is 0 Å². The maximum atomic E-state index is 11.6. The van der Waals surface area contributed by atoms with Crippen molar-refractivity contribution in [2.75, 3.05) is 6.54 Å². The molecule has 5 nitrogen and oxygen atoms in total. The van der Waals surface area contributed by atoms with Crippen LogP contribution in [0.2, 0.25) is 10.2 Å². The zero-order chi connectivity index (χ0) is 12.8. The van der Waals surface area contributed by atoms with Crippen LogP contribution in [0.15, 0.2) is 12.1 Å². The van der Waals surface area contributed by atoms with Crippen LogP contribution in [-0.4, -0.2) is 28.5 Å². The first kappa shape index (κ1) is 13.7. The number of nitrogens with one attached hydrogen (secondary N) is 1. The van der Waals surface area contributed by atoms with E-state index < -0.39 is 11.9 Å². The summed E-state index contributed by atoms with van der Waals surface area (Å²) in [5.41, 5.74) is 0.0366. The van der Waals surface area contributed by atoms with Crippen LogP contribution in [0.3, 0.4) is 0 Å². The number of halogens is 2. The summed E-state index contributed by atoms with van der Waals surface area (Å²) in [6, 6.07) is 2.95. The van der Waals surface area contributed by atoms with Crippen molar-refractivity contribution >= 4 is 35.1 Å². The van der Waals surface area contributed by atoms with Gasteiger partial charge in [-0.25, -0.2) is 4.98 Å². The average molecular weight is 277 g/mol. The van der Waals surface area contributed by atoms with E-state index in [1.165, 1.54) is 12.1 Å². The second-order valence-electron chi connectivity index (χ2n) is 3.22. The van der Waals surface area contributed by atoms with Gasteiger partial charge in [-0.2, -0.15) is 0 Å². The summed E-state index contributed by atoms with van der Waals surface area (Å²) in [6.45, 7) is 0.246. The van der Waals surface area contributed by atoms with Crippen LogP contribution >= 0.6 is 23.2 Å². The highest BCUT2D eigenvalue weighted by Gasteiger charge is 2.12. The molecule has 0 aliphatic heterocycles. The van der Waals surface area contributed by atoms with Gasteiger partial charge in [-0.15, -0.1) is 0 Å². The highest BCUT2D eigenvalue weighted by molar-refractivity contribution is 6.34. The minimum Gasteiger partial charge on any atom is -0.481 e. The highest BCUT2D eigenvalue weighted by atomic mass is 35.5. The molecule has 0 fully saturated rings. The molecular weight excluding hydrogens is 267 g/mol. The number of aliphatic carboxylic acids is 1. The van der Waals surface area contributed by atoms with Gasteiger partial charge >= 0.3 is 5.97 Å². The molecule has 17 heavy (non-hydrogen) atoms. The lowest BCUT2D eigenvalue weighted by Crippen LogP contribution is -2.26. The van der Waals surface area contributed by atoms with Gasteiger partial charge in [-0.1, -0.05) is 23.2 Å². The van der Waals surface area contributed by atoms with Gasteiger partial charge in [0, 0.05) is 13.0 Å². The minimum atomic E-state index is -0.904. The van der Waals surface area contributed by atoms with Crippen LogP contribution < -0.4 is 5.32 Å². The standard InChI is InChI=1S/C10H10Cl2N2O3/c11-6-3-4-7(12)14-9(6)10(17)13-5-1-2-8(15)16/h3-4H,1-2,5H2,(H,13,17)(H,15,16). The van der Waals surface area contributed by atoms with Crippen molar-refractivity contribution in [3.05, 3.63) is 28.0 Å². The molecule has 0 atom stereocenters. The van der Waals surface area contributed by atoms with Gasteiger partial charge in [0.1, 0.15) is 10.8 Å². The minimum absolute atomic E-state index is 0.00299. The molecule has 0 saturated carbocycles. The maximum Gasteiger partial charge on any atom is 0.303 e. The molecule has 0 radical (unpaired) electrons. The molecule has 92 valence electrons. The number of carbonyl (C=O) groups excluding carboxylic acids is 1. The number of pyridine rings is 1. The van der Waals surface area contributed by atoms with Crippen molar-refractivity contribution in [1.82, 2.24) is 10.3 Å². The Kier molecular flexibility index (Phi) is 5.18. The van der Waals surface area contributed by atoms with Crippen LogP contribution in [0.1, 0.15) is 23.3 Å². The summed E-state index contributed by atoms with van der Waals surface area (Å²) in [7, 11) is 0. The first-order valence-corrected chi connectivity index (χ1v) is 5.58. The van der Waals surface area contributed by atoms with E-state index >= 15 is 0 Å². The van der Waals surface area contributed by atoms with Crippen LogP contribution in [-0.2, 0) is 4.79 Å². The Morgan fingerprint density at radius 3 is 2.71 bits per heavy atom. The molecule has 1 aromatic heterocycles. The number of carboxylic acids is 1. The molecule has 1 rings (SSSR count). The zero-order valence-electron chi connectivity index (χ0n) is 8.74. The number of amides is 1. The number of rotatable bonds is 5. The van der Waals surface area contributed by atoms with Crippen LogP contribution in [0.5, 0.6) is 0 Å². The molecule has 7 heteroatoms. The van der Waals surface area contributed by atoms with E-state index in [0.29, 0.717) is 6.42 Å². The van der Waals surface area contributed by atoms with Crippen LogP contribution in [0, 0.1) is 0 Å². The first-order chi connectivity index (χ1) is 8.00. The van der Waals surface area contributed by atoms with Crippen molar-refractivity contribution in [2.24, 2.45) is 0 Å². The van der Waals surface area contributed by atoms with Crippen molar-refractivity contribution < 1.29 is 14.7 Å². The Morgan fingerprint density at radius 1 is 1.35 bits per heavy atom. The Balaban J connectivity index is 2.52. The van der Waals surface area contributed by atoms with E-state index in [1.54, 1.807) is 0 Å². The molecule has 1 amide bonds. The normalized spacial score (nSPS) is 10.0. The molecular formula is C10H10Cl2N2O3. The van der Waals surface area contributed by atoms with Gasteiger partial charge in [-0.3, -0.25) is 9.59 Å². The maximum absolute atomic E-state index is 11.6. The third-order valence-corrected chi connectivity index (χ3v) is 2.40. The number of carbonyl (C=O) groups is 2. The van der Waals surface area contributed by atoms with E-state index in [1.807, 2.05) is 0 Å².